The smallest absolute Gasteiger partial charge is 0.247 e. The van der Waals surface area contributed by atoms with E-state index in [1.54, 1.807) is 50.2 Å². The topological polar surface area (TPSA) is 95.0 Å². The van der Waals surface area contributed by atoms with E-state index in [1.807, 2.05) is 6.07 Å². The molecule has 0 spiro atoms. The number of aromatic nitrogens is 2. The number of benzene rings is 2. The molecular weight excluding hydrogens is 387 g/mol. The molecule has 6 nitrogen and oxygen atoms in total. The van der Waals surface area contributed by atoms with Crippen molar-refractivity contribution in [1.29, 1.82) is 5.26 Å². The zero-order chi connectivity index (χ0) is 19.6. The van der Waals surface area contributed by atoms with E-state index < -0.39 is 12.1 Å². The monoisotopic (exact) mass is 402 g/mol. The minimum absolute atomic E-state index is 0.231. The van der Waals surface area contributed by atoms with Gasteiger partial charge in [0.15, 0.2) is 0 Å². The number of aliphatic hydroxyl groups is 1. The molecule has 0 aliphatic rings. The van der Waals surface area contributed by atoms with Gasteiger partial charge in [0.05, 0.1) is 16.7 Å². The van der Waals surface area contributed by atoms with Crippen molar-refractivity contribution in [2.24, 2.45) is 0 Å². The third kappa shape index (κ3) is 4.06. The molecule has 0 saturated carbocycles. The van der Waals surface area contributed by atoms with Gasteiger partial charge in [-0.3, -0.25) is 0 Å². The molecule has 0 bridgehead atoms. The van der Waals surface area contributed by atoms with E-state index in [2.05, 4.69) is 15.5 Å². The number of nitrogens with one attached hydrogen (secondary N) is 1. The highest BCUT2D eigenvalue weighted by Gasteiger charge is 2.25. The maximum Gasteiger partial charge on any atom is 0.247 e. The summed E-state index contributed by atoms with van der Waals surface area (Å²) in [7, 11) is 0. The first-order valence-corrected chi connectivity index (χ1v) is 8.89. The number of hydrogen-bond acceptors (Lipinski definition) is 6. The minimum Gasteiger partial charge on any atom is -0.418 e. The van der Waals surface area contributed by atoms with Gasteiger partial charge in [0.1, 0.15) is 12.1 Å². The average Bonchev–Trinajstić information content (AvgIpc) is 3.13. The Morgan fingerprint density at radius 1 is 1.15 bits per heavy atom. The summed E-state index contributed by atoms with van der Waals surface area (Å²) in [5.41, 5.74) is 2.46. The van der Waals surface area contributed by atoms with Crippen LogP contribution in [0.2, 0.25) is 10.0 Å². The van der Waals surface area contributed by atoms with Gasteiger partial charge < -0.3 is 14.8 Å². The van der Waals surface area contributed by atoms with Gasteiger partial charge in [0, 0.05) is 16.3 Å². The summed E-state index contributed by atoms with van der Waals surface area (Å²) < 4.78 is 5.75. The van der Waals surface area contributed by atoms with Crippen LogP contribution in [-0.4, -0.2) is 21.4 Å². The molecule has 0 radical (unpaired) electrons. The number of aliphatic hydroxyl groups excluding tert-OH is 1. The van der Waals surface area contributed by atoms with Crippen molar-refractivity contribution < 1.29 is 9.52 Å². The fourth-order valence-corrected chi connectivity index (χ4v) is 2.89. The molecule has 27 heavy (non-hydrogen) atoms. The predicted octanol–water partition coefficient (Wildman–Crippen LogP) is 4.76. The molecule has 0 fully saturated rings. The van der Waals surface area contributed by atoms with Crippen LogP contribution in [0, 0.1) is 18.3 Å². The van der Waals surface area contributed by atoms with E-state index >= 15 is 0 Å². The Kier molecular flexibility index (Phi) is 5.66. The van der Waals surface area contributed by atoms with Gasteiger partial charge in [-0.2, -0.15) is 5.26 Å². The number of hydrogen-bond donors (Lipinski definition) is 2. The zero-order valence-electron chi connectivity index (χ0n) is 14.6. The third-order valence-corrected chi connectivity index (χ3v) is 4.84. The van der Waals surface area contributed by atoms with E-state index in [9.17, 15) is 5.11 Å². The molecule has 2 atom stereocenters. The normalized spacial score (nSPS) is 13.0. The third-order valence-electron chi connectivity index (χ3n) is 4.10. The Morgan fingerprint density at radius 3 is 2.48 bits per heavy atom. The van der Waals surface area contributed by atoms with Gasteiger partial charge in [-0.05, 0) is 55.8 Å². The lowest BCUT2D eigenvalue weighted by atomic mass is 10.1. The Morgan fingerprint density at radius 2 is 1.85 bits per heavy atom. The quantitative estimate of drug-likeness (QED) is 0.638. The van der Waals surface area contributed by atoms with Gasteiger partial charge in [-0.15, -0.1) is 10.2 Å². The van der Waals surface area contributed by atoms with Crippen LogP contribution in [0.5, 0.6) is 0 Å². The van der Waals surface area contributed by atoms with Crippen molar-refractivity contribution in [2.45, 2.75) is 26.0 Å². The summed E-state index contributed by atoms with van der Waals surface area (Å²) in [5, 5.41) is 31.5. The minimum atomic E-state index is -0.822. The maximum atomic E-state index is 10.2. The lowest BCUT2D eigenvalue weighted by molar-refractivity contribution is 0.159. The van der Waals surface area contributed by atoms with Crippen LogP contribution in [0.15, 0.2) is 40.8 Å². The summed E-state index contributed by atoms with van der Waals surface area (Å²) in [6, 6.07) is 11.7. The second kappa shape index (κ2) is 7.97. The van der Waals surface area contributed by atoms with Crippen LogP contribution in [0.1, 0.15) is 30.0 Å². The molecule has 8 heteroatoms. The highest BCUT2D eigenvalue weighted by molar-refractivity contribution is 6.32. The van der Waals surface area contributed by atoms with Crippen LogP contribution < -0.4 is 5.32 Å². The maximum absolute atomic E-state index is 10.2. The first-order valence-electron chi connectivity index (χ1n) is 8.14. The Hall–Kier alpha value is -2.59. The molecule has 2 aromatic carbocycles. The fraction of sp³-hybridized carbons (Fsp3) is 0.211. The van der Waals surface area contributed by atoms with Crippen molar-refractivity contribution in [1.82, 2.24) is 10.2 Å². The number of nitrogens with zero attached hydrogens (tertiary/aromatic N) is 3. The molecule has 0 amide bonds. The largest absolute Gasteiger partial charge is 0.418 e. The van der Waals surface area contributed by atoms with Gasteiger partial charge in [-0.1, -0.05) is 23.2 Å². The number of anilines is 1. The molecule has 0 saturated heterocycles. The Bertz CT molecular complexity index is 994. The van der Waals surface area contributed by atoms with Crippen molar-refractivity contribution in [3.63, 3.8) is 0 Å². The molecule has 138 valence electrons. The zero-order valence-corrected chi connectivity index (χ0v) is 16.1. The number of nitriles is 1. The molecule has 3 aromatic rings. The van der Waals surface area contributed by atoms with E-state index in [4.69, 9.17) is 32.9 Å². The molecule has 2 unspecified atom stereocenters. The lowest BCUT2D eigenvalue weighted by Gasteiger charge is -2.21. The van der Waals surface area contributed by atoms with Gasteiger partial charge >= 0.3 is 0 Å². The van der Waals surface area contributed by atoms with Crippen LogP contribution in [0.25, 0.3) is 11.5 Å². The molecular formula is C19H16Cl2N4O2. The van der Waals surface area contributed by atoms with Crippen molar-refractivity contribution in [3.05, 3.63) is 63.5 Å². The van der Waals surface area contributed by atoms with Crippen molar-refractivity contribution >= 4 is 28.9 Å². The lowest BCUT2D eigenvalue weighted by Crippen LogP contribution is -2.23. The molecule has 3 rings (SSSR count). The molecule has 2 N–H and O–H groups in total. The van der Waals surface area contributed by atoms with Crippen LogP contribution >= 0.6 is 23.2 Å². The predicted molar refractivity (Wildman–Crippen MR) is 104 cm³/mol. The highest BCUT2D eigenvalue weighted by atomic mass is 35.5. The Balaban J connectivity index is 1.90. The highest BCUT2D eigenvalue weighted by Crippen LogP contribution is 2.31. The molecule has 1 heterocycles. The SMILES string of the molecule is Cc1c(NC(c2nnc(-c3ccc(Cl)cc3)o2)C(C)O)ccc(C#N)c1Cl. The second-order valence-corrected chi connectivity index (χ2v) is 6.84. The number of halogens is 2. The average molecular weight is 403 g/mol. The summed E-state index contributed by atoms with van der Waals surface area (Å²) in [5.74, 6) is 0.554. The molecule has 0 aliphatic carbocycles. The van der Waals surface area contributed by atoms with E-state index in [0.717, 1.165) is 5.56 Å². The van der Waals surface area contributed by atoms with E-state index in [-0.39, 0.29) is 5.89 Å². The van der Waals surface area contributed by atoms with Crippen molar-refractivity contribution in [2.75, 3.05) is 5.32 Å². The van der Waals surface area contributed by atoms with Crippen LogP contribution in [-0.2, 0) is 0 Å². The Labute approximate surface area is 166 Å². The fourth-order valence-electron chi connectivity index (χ4n) is 2.55. The molecule has 0 aliphatic heterocycles. The summed E-state index contributed by atoms with van der Waals surface area (Å²) in [6.07, 6.45) is -0.822. The number of rotatable bonds is 5. The molecule has 1 aromatic heterocycles. The van der Waals surface area contributed by atoms with Crippen LogP contribution in [0.4, 0.5) is 5.69 Å². The second-order valence-electron chi connectivity index (χ2n) is 6.03. The summed E-state index contributed by atoms with van der Waals surface area (Å²) in [6.45, 7) is 3.40. The van der Waals surface area contributed by atoms with Gasteiger partial charge in [-0.25, -0.2) is 0 Å². The summed E-state index contributed by atoms with van der Waals surface area (Å²) >= 11 is 12.1. The summed E-state index contributed by atoms with van der Waals surface area (Å²) in [4.78, 5) is 0. The van der Waals surface area contributed by atoms with Crippen LogP contribution in [0.3, 0.4) is 0 Å². The van der Waals surface area contributed by atoms with Crippen molar-refractivity contribution in [3.8, 4) is 17.5 Å². The van der Waals surface area contributed by atoms with Gasteiger partial charge in [0.25, 0.3) is 0 Å². The van der Waals surface area contributed by atoms with Gasteiger partial charge in [0.2, 0.25) is 11.8 Å². The first-order chi connectivity index (χ1) is 12.9. The van der Waals surface area contributed by atoms with E-state index in [0.29, 0.717) is 32.8 Å². The van der Waals surface area contributed by atoms with E-state index in [1.165, 1.54) is 0 Å². The first kappa shape index (κ1) is 19.2. The standard InChI is InChI=1S/C19H16Cl2N4O2/c1-10-15(8-5-13(9-22)16(10)21)23-17(11(2)26)19-25-24-18(27-19)12-3-6-14(20)7-4-12/h3-8,11,17,23,26H,1-2H3.